The van der Waals surface area contributed by atoms with E-state index in [-0.39, 0.29) is 6.04 Å². The van der Waals surface area contributed by atoms with Crippen molar-refractivity contribution in [3.63, 3.8) is 0 Å². The van der Waals surface area contributed by atoms with Gasteiger partial charge in [0.25, 0.3) is 0 Å². The van der Waals surface area contributed by atoms with Gasteiger partial charge in [-0.3, -0.25) is 0 Å². The van der Waals surface area contributed by atoms with E-state index >= 15 is 0 Å². The summed E-state index contributed by atoms with van der Waals surface area (Å²) in [5, 5.41) is 3.32. The van der Waals surface area contributed by atoms with Crippen LogP contribution >= 0.6 is 11.3 Å². The van der Waals surface area contributed by atoms with Gasteiger partial charge >= 0.3 is 0 Å². The second-order valence-corrected chi connectivity index (χ2v) is 8.44. The average molecular weight is 333 g/mol. The van der Waals surface area contributed by atoms with Crippen LogP contribution < -0.4 is 10.0 Å². The minimum atomic E-state index is -3.39. The monoisotopic (exact) mass is 332 g/mol. The molecule has 0 aliphatic heterocycles. The summed E-state index contributed by atoms with van der Waals surface area (Å²) in [6.45, 7) is 9.87. The van der Waals surface area contributed by atoms with Gasteiger partial charge in [0.05, 0.1) is 0 Å². The van der Waals surface area contributed by atoms with Crippen molar-refractivity contribution in [3.05, 3.63) is 16.5 Å². The second kappa shape index (κ2) is 8.88. The molecule has 1 atom stereocenters. The Kier molecular flexibility index (Phi) is 7.87. The summed E-state index contributed by atoms with van der Waals surface area (Å²) in [5.41, 5.74) is 1.05. The largest absolute Gasteiger partial charge is 0.312 e. The summed E-state index contributed by atoms with van der Waals surface area (Å²) in [4.78, 5) is 1.10. The fraction of sp³-hybridized carbons (Fsp3) is 0.733. The van der Waals surface area contributed by atoms with Crippen molar-refractivity contribution in [1.29, 1.82) is 0 Å². The summed E-state index contributed by atoms with van der Waals surface area (Å²) in [5.74, 6) is 0. The molecule has 4 nitrogen and oxygen atoms in total. The topological polar surface area (TPSA) is 58.2 Å². The van der Waals surface area contributed by atoms with Gasteiger partial charge in [0.1, 0.15) is 4.21 Å². The third kappa shape index (κ3) is 5.70. The molecule has 2 N–H and O–H groups in total. The first-order valence-corrected chi connectivity index (χ1v) is 10.1. The van der Waals surface area contributed by atoms with Gasteiger partial charge in [0, 0.05) is 17.5 Å². The molecule has 1 heterocycles. The van der Waals surface area contributed by atoms with Crippen LogP contribution in [0.5, 0.6) is 0 Å². The van der Waals surface area contributed by atoms with E-state index in [4.69, 9.17) is 0 Å². The second-order valence-electron chi connectivity index (χ2n) is 5.36. The van der Waals surface area contributed by atoms with Crippen molar-refractivity contribution in [3.8, 4) is 0 Å². The third-order valence-electron chi connectivity index (χ3n) is 3.43. The number of aryl methyl sites for hydroxylation is 1. The van der Waals surface area contributed by atoms with Crippen LogP contribution in [0.25, 0.3) is 0 Å². The van der Waals surface area contributed by atoms with Gasteiger partial charge in [-0.25, -0.2) is 13.1 Å². The maximum Gasteiger partial charge on any atom is 0.250 e. The number of hydrogen-bond acceptors (Lipinski definition) is 4. The number of sulfonamides is 1. The fourth-order valence-corrected chi connectivity index (χ4v) is 5.08. The van der Waals surface area contributed by atoms with Crippen LogP contribution in [0.15, 0.2) is 10.3 Å². The van der Waals surface area contributed by atoms with E-state index in [1.54, 1.807) is 6.07 Å². The number of thiophene rings is 1. The zero-order valence-corrected chi connectivity index (χ0v) is 15.2. The van der Waals surface area contributed by atoms with Gasteiger partial charge in [-0.15, -0.1) is 11.3 Å². The highest BCUT2D eigenvalue weighted by atomic mass is 32.2. The molecule has 0 fully saturated rings. The summed E-state index contributed by atoms with van der Waals surface area (Å²) in [6.07, 6.45) is 3.76. The van der Waals surface area contributed by atoms with Gasteiger partial charge in [-0.2, -0.15) is 0 Å². The highest BCUT2D eigenvalue weighted by molar-refractivity contribution is 7.91. The molecule has 6 heteroatoms. The molecule has 0 aliphatic carbocycles. The normalized spacial score (nSPS) is 13.5. The molecular formula is C15H28N2O2S2. The van der Waals surface area contributed by atoms with Crippen LogP contribution in [-0.2, 0) is 16.6 Å². The first-order chi connectivity index (χ1) is 9.94. The van der Waals surface area contributed by atoms with E-state index in [9.17, 15) is 8.42 Å². The lowest BCUT2D eigenvalue weighted by atomic mass is 10.1. The predicted octanol–water partition coefficient (Wildman–Crippen LogP) is 3.41. The third-order valence-corrected chi connectivity index (χ3v) is 6.66. The number of rotatable bonds is 10. The average Bonchev–Trinajstić information content (AvgIpc) is 2.81. The zero-order chi connectivity index (χ0) is 15.9. The summed E-state index contributed by atoms with van der Waals surface area (Å²) < 4.78 is 28.2. The van der Waals surface area contributed by atoms with E-state index in [0.717, 1.165) is 49.2 Å². The standard InChI is InChI=1S/C15H28N2O2S2/c1-5-8-13(7-3)17-21(18,19)15-10-12(4)14(20-15)11-16-9-6-2/h10,13,16-17H,5-9,11H2,1-4H3. The van der Waals surface area contributed by atoms with Crippen molar-refractivity contribution in [1.82, 2.24) is 10.0 Å². The van der Waals surface area contributed by atoms with Crippen molar-refractivity contribution in [2.75, 3.05) is 6.54 Å². The molecule has 21 heavy (non-hydrogen) atoms. The highest BCUT2D eigenvalue weighted by Gasteiger charge is 2.21. The van der Waals surface area contributed by atoms with Crippen molar-refractivity contribution < 1.29 is 8.42 Å². The quantitative estimate of drug-likeness (QED) is 0.646. The molecule has 1 unspecified atom stereocenters. The molecule has 0 aromatic carbocycles. The lowest BCUT2D eigenvalue weighted by Crippen LogP contribution is -2.33. The Morgan fingerprint density at radius 1 is 1.24 bits per heavy atom. The Balaban J connectivity index is 2.81. The summed E-state index contributed by atoms with van der Waals surface area (Å²) >= 11 is 1.37. The lowest BCUT2D eigenvalue weighted by molar-refractivity contribution is 0.513. The highest BCUT2D eigenvalue weighted by Crippen LogP contribution is 2.26. The van der Waals surface area contributed by atoms with Crippen LogP contribution in [-0.4, -0.2) is 21.0 Å². The van der Waals surface area contributed by atoms with Crippen molar-refractivity contribution in [2.45, 2.75) is 70.2 Å². The molecule has 0 radical (unpaired) electrons. The van der Waals surface area contributed by atoms with E-state index in [1.807, 2.05) is 13.8 Å². The molecule has 0 bridgehead atoms. The van der Waals surface area contributed by atoms with Crippen molar-refractivity contribution in [2.24, 2.45) is 0 Å². The van der Waals surface area contributed by atoms with Gasteiger partial charge in [0.2, 0.25) is 10.0 Å². The molecule has 0 aliphatic rings. The van der Waals surface area contributed by atoms with Crippen LogP contribution in [0.3, 0.4) is 0 Å². The summed E-state index contributed by atoms with van der Waals surface area (Å²) in [6, 6.07) is 1.82. The molecule has 0 spiro atoms. The first kappa shape index (κ1) is 18.6. The molecule has 0 saturated carbocycles. The van der Waals surface area contributed by atoms with Crippen molar-refractivity contribution >= 4 is 21.4 Å². The van der Waals surface area contributed by atoms with Crippen LogP contribution in [0, 0.1) is 6.92 Å². The maximum absolute atomic E-state index is 12.5. The smallest absolute Gasteiger partial charge is 0.250 e. The summed E-state index contributed by atoms with van der Waals surface area (Å²) in [7, 11) is -3.39. The van der Waals surface area contributed by atoms with Gasteiger partial charge < -0.3 is 5.32 Å². The van der Waals surface area contributed by atoms with Crippen LogP contribution in [0.2, 0.25) is 0 Å². The maximum atomic E-state index is 12.5. The SMILES string of the molecule is CCCNCc1sc(S(=O)(=O)NC(CC)CCC)cc1C. The Hall–Kier alpha value is -0.430. The zero-order valence-electron chi connectivity index (χ0n) is 13.5. The molecule has 0 saturated heterocycles. The molecule has 122 valence electrons. The molecule has 0 amide bonds. The molecule has 1 aromatic heterocycles. The molecular weight excluding hydrogens is 304 g/mol. The Bertz CT molecular complexity index is 524. The number of nitrogens with one attached hydrogen (secondary N) is 2. The van der Waals surface area contributed by atoms with Gasteiger partial charge in [-0.1, -0.05) is 27.2 Å². The molecule has 1 rings (SSSR count). The van der Waals surface area contributed by atoms with Gasteiger partial charge in [-0.05, 0) is 44.4 Å². The fourth-order valence-electron chi connectivity index (χ4n) is 2.15. The first-order valence-electron chi connectivity index (χ1n) is 7.76. The van der Waals surface area contributed by atoms with Gasteiger partial charge in [0.15, 0.2) is 0 Å². The van der Waals surface area contributed by atoms with E-state index in [1.165, 1.54) is 11.3 Å². The van der Waals surface area contributed by atoms with Crippen LogP contribution in [0.1, 0.15) is 56.9 Å². The number of hydrogen-bond donors (Lipinski definition) is 2. The van der Waals surface area contributed by atoms with E-state index < -0.39 is 10.0 Å². The minimum Gasteiger partial charge on any atom is -0.312 e. The van der Waals surface area contributed by atoms with Crippen LogP contribution in [0.4, 0.5) is 0 Å². The van der Waals surface area contributed by atoms with E-state index in [0.29, 0.717) is 4.21 Å². The predicted molar refractivity (Wildman–Crippen MR) is 90.4 cm³/mol. The Labute approximate surface area is 133 Å². The Morgan fingerprint density at radius 2 is 1.95 bits per heavy atom. The lowest BCUT2D eigenvalue weighted by Gasteiger charge is -2.15. The minimum absolute atomic E-state index is 0.0315. The van der Waals surface area contributed by atoms with E-state index in [2.05, 4.69) is 23.9 Å². The Morgan fingerprint density at radius 3 is 2.52 bits per heavy atom. The molecule has 1 aromatic rings.